The molecule has 2 fully saturated rings. The fourth-order valence-corrected chi connectivity index (χ4v) is 4.36. The van der Waals surface area contributed by atoms with Crippen LogP contribution in [-0.2, 0) is 14.6 Å². The molecule has 0 aromatic heterocycles. The average molecular weight is 396 g/mol. The molecule has 1 aromatic carbocycles. The number of nitrogens with zero attached hydrogens (tertiary/aromatic N) is 1. The quantitative estimate of drug-likeness (QED) is 0.758. The fraction of sp³-hybridized carbons (Fsp3) is 0.556. The van der Waals surface area contributed by atoms with Gasteiger partial charge in [-0.15, -0.1) is 0 Å². The van der Waals surface area contributed by atoms with Crippen molar-refractivity contribution in [1.82, 2.24) is 4.90 Å². The van der Waals surface area contributed by atoms with Gasteiger partial charge in [-0.3, -0.25) is 4.79 Å². The number of anilines is 1. The van der Waals surface area contributed by atoms with Gasteiger partial charge in [-0.25, -0.2) is 13.2 Å². The predicted octanol–water partition coefficient (Wildman–Crippen LogP) is 1.83. The van der Waals surface area contributed by atoms with Gasteiger partial charge in [0.15, 0.2) is 9.84 Å². The van der Waals surface area contributed by atoms with Crippen molar-refractivity contribution in [1.29, 1.82) is 0 Å². The molecule has 1 heterocycles. The second kappa shape index (κ2) is 7.38. The molecule has 3 rings (SSSR count). The average Bonchev–Trinajstić information content (AvgIpc) is 3.12. The summed E-state index contributed by atoms with van der Waals surface area (Å²) in [5.74, 6) is -0.444. The number of aliphatic carboxylic acids is 1. The Morgan fingerprint density at radius 3 is 2.85 bits per heavy atom. The number of carboxylic acids is 1. The SMILES string of the molecule is CS(=O)(=O)CCOc1cccc(NC(=O)N2C[C@@H]3CCC[C@@]3(C(=O)O)C2)c1. The molecule has 8 nitrogen and oxygen atoms in total. The molecule has 1 aliphatic heterocycles. The predicted molar refractivity (Wildman–Crippen MR) is 99.6 cm³/mol. The second-order valence-corrected chi connectivity index (χ2v) is 9.63. The molecule has 1 aromatic rings. The monoisotopic (exact) mass is 396 g/mol. The minimum absolute atomic E-state index is 0.00594. The highest BCUT2D eigenvalue weighted by molar-refractivity contribution is 7.90. The van der Waals surface area contributed by atoms with Crippen LogP contribution in [0, 0.1) is 11.3 Å². The first-order valence-corrected chi connectivity index (χ1v) is 11.0. The lowest BCUT2D eigenvalue weighted by atomic mass is 9.81. The number of carbonyl (C=O) groups is 2. The summed E-state index contributed by atoms with van der Waals surface area (Å²) in [5.41, 5.74) is -0.299. The fourth-order valence-electron chi connectivity index (χ4n) is 3.97. The van der Waals surface area contributed by atoms with Crippen LogP contribution in [0.3, 0.4) is 0 Å². The third kappa shape index (κ3) is 4.35. The number of ether oxygens (including phenoxy) is 1. The first-order valence-electron chi connectivity index (χ1n) is 8.89. The lowest BCUT2D eigenvalue weighted by Crippen LogP contribution is -2.38. The van der Waals surface area contributed by atoms with Gasteiger partial charge in [-0.05, 0) is 30.9 Å². The number of carboxylic acid groups (broad SMARTS) is 1. The van der Waals surface area contributed by atoms with Gasteiger partial charge in [-0.2, -0.15) is 0 Å². The van der Waals surface area contributed by atoms with Crippen molar-refractivity contribution in [3.05, 3.63) is 24.3 Å². The highest BCUT2D eigenvalue weighted by atomic mass is 32.2. The van der Waals surface area contributed by atoms with Crippen LogP contribution in [0.5, 0.6) is 5.75 Å². The molecule has 2 N–H and O–H groups in total. The van der Waals surface area contributed by atoms with Gasteiger partial charge >= 0.3 is 12.0 Å². The van der Waals surface area contributed by atoms with Crippen molar-refractivity contribution in [2.45, 2.75) is 19.3 Å². The molecule has 0 bridgehead atoms. The number of fused-ring (bicyclic) bond motifs is 1. The van der Waals surface area contributed by atoms with Crippen LogP contribution in [0.2, 0.25) is 0 Å². The smallest absolute Gasteiger partial charge is 0.321 e. The van der Waals surface area contributed by atoms with Crippen LogP contribution in [0.1, 0.15) is 19.3 Å². The lowest BCUT2D eigenvalue weighted by molar-refractivity contribution is -0.149. The van der Waals surface area contributed by atoms with Crippen LogP contribution in [0.15, 0.2) is 24.3 Å². The number of sulfone groups is 1. The summed E-state index contributed by atoms with van der Waals surface area (Å²) in [6, 6.07) is 6.36. The Balaban J connectivity index is 1.60. The number of carbonyl (C=O) groups excluding carboxylic acids is 1. The van der Waals surface area contributed by atoms with Crippen LogP contribution < -0.4 is 10.1 Å². The van der Waals surface area contributed by atoms with E-state index in [2.05, 4.69) is 5.32 Å². The molecule has 0 unspecified atom stereocenters. The molecule has 0 radical (unpaired) electrons. The van der Waals surface area contributed by atoms with Gasteiger partial charge in [0.2, 0.25) is 0 Å². The van der Waals surface area contributed by atoms with E-state index in [1.807, 2.05) is 0 Å². The van der Waals surface area contributed by atoms with E-state index in [0.717, 1.165) is 19.1 Å². The Hall–Kier alpha value is -2.29. The molecule has 1 saturated carbocycles. The summed E-state index contributed by atoms with van der Waals surface area (Å²) in [6.45, 7) is 0.706. The van der Waals surface area contributed by atoms with Crippen LogP contribution in [0.4, 0.5) is 10.5 Å². The number of rotatable bonds is 6. The molecule has 148 valence electrons. The van der Waals surface area contributed by atoms with E-state index in [0.29, 0.717) is 24.4 Å². The Morgan fingerprint density at radius 2 is 2.19 bits per heavy atom. The van der Waals surface area contributed by atoms with Gasteiger partial charge in [-0.1, -0.05) is 12.5 Å². The third-order valence-electron chi connectivity index (χ3n) is 5.39. The van der Waals surface area contributed by atoms with Crippen LogP contribution in [-0.4, -0.2) is 62.1 Å². The summed E-state index contributed by atoms with van der Waals surface area (Å²) in [5, 5.41) is 12.4. The van der Waals surface area contributed by atoms with E-state index in [9.17, 15) is 23.1 Å². The Bertz CT molecular complexity index is 840. The van der Waals surface area contributed by atoms with Gasteiger partial charge < -0.3 is 20.1 Å². The van der Waals surface area contributed by atoms with E-state index in [1.54, 1.807) is 29.2 Å². The molecule has 27 heavy (non-hydrogen) atoms. The molecule has 2 amide bonds. The Labute approximate surface area is 158 Å². The standard InChI is InChI=1S/C18H24N2O6S/c1-27(24,25)9-8-26-15-6-2-5-14(10-15)19-17(23)20-11-13-4-3-7-18(13,12-20)16(21)22/h2,5-6,10,13H,3-4,7-9,11-12H2,1H3,(H,19,23)(H,21,22)/t13-,18+/m0/s1. The zero-order valence-corrected chi connectivity index (χ0v) is 16.0. The third-order valence-corrected chi connectivity index (χ3v) is 6.30. The minimum Gasteiger partial charge on any atom is -0.492 e. The first kappa shape index (κ1) is 19.5. The van der Waals surface area contributed by atoms with Crippen molar-refractivity contribution >= 4 is 27.5 Å². The summed E-state index contributed by atoms with van der Waals surface area (Å²) >= 11 is 0. The molecule has 9 heteroatoms. The maximum atomic E-state index is 12.6. The summed E-state index contributed by atoms with van der Waals surface area (Å²) in [7, 11) is -3.10. The van der Waals surface area contributed by atoms with Crippen molar-refractivity contribution in [3.8, 4) is 5.75 Å². The number of likely N-dealkylation sites (tertiary alicyclic amines) is 1. The van der Waals surface area contributed by atoms with Crippen molar-refractivity contribution < 1.29 is 27.9 Å². The number of amides is 2. The largest absolute Gasteiger partial charge is 0.492 e. The molecular formula is C18H24N2O6S. The van der Waals surface area contributed by atoms with E-state index in [1.165, 1.54) is 0 Å². The van der Waals surface area contributed by atoms with Crippen molar-refractivity contribution in [2.75, 3.05) is 37.0 Å². The van der Waals surface area contributed by atoms with Gasteiger partial charge in [0.25, 0.3) is 0 Å². The van der Waals surface area contributed by atoms with E-state index in [-0.39, 0.29) is 30.9 Å². The highest BCUT2D eigenvalue weighted by Gasteiger charge is 2.55. The normalized spacial score (nSPS) is 24.5. The second-order valence-electron chi connectivity index (χ2n) is 7.37. The van der Waals surface area contributed by atoms with E-state index < -0.39 is 21.2 Å². The molecule has 1 aliphatic carbocycles. The van der Waals surface area contributed by atoms with E-state index in [4.69, 9.17) is 4.74 Å². The summed E-state index contributed by atoms with van der Waals surface area (Å²) in [6.07, 6.45) is 3.47. The van der Waals surface area contributed by atoms with Crippen molar-refractivity contribution in [3.63, 3.8) is 0 Å². The zero-order valence-electron chi connectivity index (χ0n) is 15.2. The Kier molecular flexibility index (Phi) is 5.32. The van der Waals surface area contributed by atoms with Gasteiger partial charge in [0.05, 0.1) is 11.2 Å². The lowest BCUT2D eigenvalue weighted by Gasteiger charge is -2.23. The molecule has 1 saturated heterocycles. The van der Waals surface area contributed by atoms with Crippen LogP contribution in [0.25, 0.3) is 0 Å². The van der Waals surface area contributed by atoms with Crippen LogP contribution >= 0.6 is 0 Å². The number of hydrogen-bond acceptors (Lipinski definition) is 5. The van der Waals surface area contributed by atoms with Crippen molar-refractivity contribution in [2.24, 2.45) is 11.3 Å². The first-order chi connectivity index (χ1) is 12.7. The van der Waals surface area contributed by atoms with Gasteiger partial charge in [0.1, 0.15) is 12.4 Å². The summed E-state index contributed by atoms with van der Waals surface area (Å²) in [4.78, 5) is 25.9. The topological polar surface area (TPSA) is 113 Å². The van der Waals surface area contributed by atoms with Gasteiger partial charge in [0, 0.05) is 31.1 Å². The summed E-state index contributed by atoms with van der Waals surface area (Å²) < 4.78 is 27.7. The molecule has 0 spiro atoms. The molecular weight excluding hydrogens is 372 g/mol. The maximum absolute atomic E-state index is 12.6. The maximum Gasteiger partial charge on any atom is 0.321 e. The van der Waals surface area contributed by atoms with E-state index >= 15 is 0 Å². The minimum atomic E-state index is -3.10. The Morgan fingerprint density at radius 1 is 1.41 bits per heavy atom. The number of hydrogen-bond donors (Lipinski definition) is 2. The number of benzene rings is 1. The zero-order chi connectivity index (χ0) is 19.7. The highest BCUT2D eigenvalue weighted by Crippen LogP contribution is 2.48. The molecule has 2 aliphatic rings. The molecule has 2 atom stereocenters. The number of nitrogens with one attached hydrogen (secondary N) is 1. The number of urea groups is 1.